The largest absolute Gasteiger partial charge is 0.379 e. The van der Waals surface area contributed by atoms with Gasteiger partial charge in [0.25, 0.3) is 5.91 Å². The van der Waals surface area contributed by atoms with Gasteiger partial charge in [-0.1, -0.05) is 30.3 Å². The van der Waals surface area contributed by atoms with Crippen LogP contribution in [0, 0.1) is 5.82 Å². The third-order valence-electron chi connectivity index (χ3n) is 6.70. The van der Waals surface area contributed by atoms with E-state index in [1.165, 1.54) is 17.7 Å². The van der Waals surface area contributed by atoms with Crippen LogP contribution in [0.5, 0.6) is 0 Å². The van der Waals surface area contributed by atoms with E-state index < -0.39 is 0 Å². The summed E-state index contributed by atoms with van der Waals surface area (Å²) in [4.78, 5) is 22.0. The number of carbonyl (C=O) groups excluding carboxylic acids is 1. The van der Waals surface area contributed by atoms with Crippen LogP contribution in [0.15, 0.2) is 66.9 Å². The highest BCUT2D eigenvalue weighted by molar-refractivity contribution is 5.99. The number of nitrogens with one attached hydrogen (secondary N) is 2. The summed E-state index contributed by atoms with van der Waals surface area (Å²) in [6.07, 6.45) is 1.67. The van der Waals surface area contributed by atoms with E-state index in [9.17, 15) is 9.18 Å². The summed E-state index contributed by atoms with van der Waals surface area (Å²) in [5.41, 5.74) is 4.44. The number of benzene rings is 2. The van der Waals surface area contributed by atoms with Gasteiger partial charge in [0.1, 0.15) is 11.5 Å². The molecular weight excluding hydrogens is 441 g/mol. The molecule has 0 aliphatic carbocycles. The lowest BCUT2D eigenvalue weighted by molar-refractivity contribution is 0.0620. The summed E-state index contributed by atoms with van der Waals surface area (Å²) in [7, 11) is 0. The van der Waals surface area contributed by atoms with Crippen LogP contribution in [0.3, 0.4) is 0 Å². The molecule has 2 saturated heterocycles. The monoisotopic (exact) mass is 473 g/mol. The number of halogens is 1. The number of nitrogens with zero attached hydrogens (tertiary/aromatic N) is 3. The van der Waals surface area contributed by atoms with Gasteiger partial charge < -0.3 is 15.5 Å². The molecule has 0 radical (unpaired) electrons. The zero-order chi connectivity index (χ0) is 24.4. The Kier molecular flexibility index (Phi) is 6.79. The van der Waals surface area contributed by atoms with E-state index in [2.05, 4.69) is 58.6 Å². The lowest BCUT2D eigenvalue weighted by atomic mass is 10.00. The Morgan fingerprint density at radius 1 is 1.00 bits per heavy atom. The minimum absolute atomic E-state index is 0.0642. The molecule has 3 heterocycles. The predicted octanol–water partition coefficient (Wildman–Crippen LogP) is 4.01. The summed E-state index contributed by atoms with van der Waals surface area (Å²) in [6.45, 7) is 8.64. The molecule has 2 atom stereocenters. The second kappa shape index (κ2) is 10.1. The van der Waals surface area contributed by atoms with Crippen molar-refractivity contribution in [3.05, 3.63) is 83.9 Å². The topological polar surface area (TPSA) is 60.5 Å². The van der Waals surface area contributed by atoms with Crippen LogP contribution in [0.25, 0.3) is 11.1 Å². The Morgan fingerprint density at radius 2 is 1.69 bits per heavy atom. The Balaban J connectivity index is 1.23. The van der Waals surface area contributed by atoms with Crippen molar-refractivity contribution in [2.45, 2.75) is 38.5 Å². The highest BCUT2D eigenvalue weighted by Gasteiger charge is 2.33. The number of rotatable bonds is 6. The van der Waals surface area contributed by atoms with E-state index in [-0.39, 0.29) is 17.8 Å². The summed E-state index contributed by atoms with van der Waals surface area (Å²) in [5, 5.41) is 6.92. The molecule has 1 aromatic heterocycles. The van der Waals surface area contributed by atoms with Crippen LogP contribution >= 0.6 is 0 Å². The molecule has 0 saturated carbocycles. The average Bonchev–Trinajstić information content (AvgIpc) is 2.82. The van der Waals surface area contributed by atoms with Crippen molar-refractivity contribution in [2.75, 3.05) is 31.5 Å². The third-order valence-corrected chi connectivity index (χ3v) is 6.70. The fourth-order valence-corrected chi connectivity index (χ4v) is 5.09. The van der Waals surface area contributed by atoms with Gasteiger partial charge in [-0.2, -0.15) is 0 Å². The number of amides is 1. The predicted molar refractivity (Wildman–Crippen MR) is 137 cm³/mol. The van der Waals surface area contributed by atoms with Crippen LogP contribution in [-0.2, 0) is 6.54 Å². The quantitative estimate of drug-likeness (QED) is 0.567. The third kappa shape index (κ3) is 5.52. The zero-order valence-corrected chi connectivity index (χ0v) is 20.2. The van der Waals surface area contributed by atoms with Gasteiger partial charge in [-0.25, -0.2) is 4.39 Å². The molecule has 7 heteroatoms. The first-order valence-corrected chi connectivity index (χ1v) is 12.3. The average molecular weight is 474 g/mol. The zero-order valence-electron chi connectivity index (χ0n) is 20.2. The lowest BCUT2D eigenvalue weighted by Gasteiger charge is -2.40. The van der Waals surface area contributed by atoms with Crippen molar-refractivity contribution in [1.29, 1.82) is 0 Å². The van der Waals surface area contributed by atoms with Crippen LogP contribution in [0.4, 0.5) is 10.1 Å². The van der Waals surface area contributed by atoms with Gasteiger partial charge in [0.2, 0.25) is 0 Å². The van der Waals surface area contributed by atoms with Crippen molar-refractivity contribution in [1.82, 2.24) is 20.1 Å². The highest BCUT2D eigenvalue weighted by atomic mass is 19.1. The molecule has 2 aliphatic heterocycles. The molecule has 2 N–H and O–H groups in total. The van der Waals surface area contributed by atoms with Crippen molar-refractivity contribution in [2.24, 2.45) is 0 Å². The van der Waals surface area contributed by atoms with Crippen LogP contribution < -0.4 is 10.6 Å². The number of hydrogen-bond donors (Lipinski definition) is 2. The minimum atomic E-state index is -0.260. The maximum absolute atomic E-state index is 13.2. The molecule has 2 aromatic carbocycles. The van der Waals surface area contributed by atoms with E-state index in [1.54, 1.807) is 23.2 Å². The molecule has 2 aliphatic rings. The Hall–Kier alpha value is -3.29. The Bertz CT molecular complexity index is 1150. The van der Waals surface area contributed by atoms with Gasteiger partial charge in [0, 0.05) is 62.3 Å². The first kappa shape index (κ1) is 23.5. The molecule has 0 unspecified atom stereocenters. The van der Waals surface area contributed by atoms with Gasteiger partial charge in [0.05, 0.1) is 6.04 Å². The molecule has 0 spiro atoms. The number of hydrogen-bond acceptors (Lipinski definition) is 5. The second-order valence-electron chi connectivity index (χ2n) is 9.82. The molecule has 3 aromatic rings. The van der Waals surface area contributed by atoms with E-state index in [1.807, 2.05) is 12.1 Å². The number of pyridine rings is 1. The van der Waals surface area contributed by atoms with Crippen LogP contribution in [0.2, 0.25) is 0 Å². The van der Waals surface area contributed by atoms with Gasteiger partial charge >= 0.3 is 0 Å². The van der Waals surface area contributed by atoms with E-state index >= 15 is 0 Å². The summed E-state index contributed by atoms with van der Waals surface area (Å²) < 4.78 is 13.1. The van der Waals surface area contributed by atoms with Gasteiger partial charge in [-0.3, -0.25) is 14.7 Å². The molecular formula is C28H32FN5O. The molecule has 2 fully saturated rings. The first-order valence-electron chi connectivity index (χ1n) is 12.3. The van der Waals surface area contributed by atoms with Crippen molar-refractivity contribution >= 4 is 11.6 Å². The molecule has 0 bridgehead atoms. The van der Waals surface area contributed by atoms with Crippen molar-refractivity contribution in [3.8, 4) is 11.1 Å². The highest BCUT2D eigenvalue weighted by Crippen LogP contribution is 2.26. The number of piperazine rings is 1. The van der Waals surface area contributed by atoms with Crippen molar-refractivity contribution < 1.29 is 9.18 Å². The summed E-state index contributed by atoms with van der Waals surface area (Å²) in [6, 6.07) is 19.7. The first-order chi connectivity index (χ1) is 16.9. The van der Waals surface area contributed by atoms with Gasteiger partial charge in [-0.05, 0) is 55.3 Å². The smallest absolute Gasteiger partial charge is 0.273 e. The molecule has 6 nitrogen and oxygen atoms in total. The number of anilines is 1. The minimum Gasteiger partial charge on any atom is -0.379 e. The number of carbonyl (C=O) groups is 1. The fraction of sp³-hybridized carbons (Fsp3) is 0.357. The maximum Gasteiger partial charge on any atom is 0.273 e. The SMILES string of the molecule is C[C@@H]1CN(Cc2ccc(-c3cccnc3C(=O)N3CC(Nc4ccc(F)cc4)C3)cc2)C[C@H](C)N1. The number of likely N-dealkylation sites (tertiary alicyclic amines) is 1. The van der Waals surface area contributed by atoms with Crippen LogP contribution in [0.1, 0.15) is 29.9 Å². The summed E-state index contributed by atoms with van der Waals surface area (Å²) in [5.74, 6) is -0.324. The molecule has 182 valence electrons. The molecule has 35 heavy (non-hydrogen) atoms. The van der Waals surface area contributed by atoms with E-state index in [0.29, 0.717) is 30.9 Å². The molecule has 1 amide bonds. The molecule has 5 rings (SSSR count). The van der Waals surface area contributed by atoms with E-state index in [4.69, 9.17) is 0 Å². The van der Waals surface area contributed by atoms with Gasteiger partial charge in [-0.15, -0.1) is 0 Å². The van der Waals surface area contributed by atoms with Crippen molar-refractivity contribution in [3.63, 3.8) is 0 Å². The normalized spacial score (nSPS) is 20.9. The lowest BCUT2D eigenvalue weighted by Crippen LogP contribution is -2.57. The second-order valence-corrected chi connectivity index (χ2v) is 9.82. The van der Waals surface area contributed by atoms with Gasteiger partial charge in [0.15, 0.2) is 0 Å². The fourth-order valence-electron chi connectivity index (χ4n) is 5.09. The summed E-state index contributed by atoms with van der Waals surface area (Å²) >= 11 is 0. The van der Waals surface area contributed by atoms with E-state index in [0.717, 1.165) is 36.4 Å². The Morgan fingerprint density at radius 3 is 2.37 bits per heavy atom. The maximum atomic E-state index is 13.2. The van der Waals surface area contributed by atoms with Crippen LogP contribution in [-0.4, -0.2) is 65.0 Å². The standard InChI is InChI=1S/C28H32FN5O/c1-19-14-33(15-20(2)31-19)16-21-5-7-22(8-6-21)26-4-3-13-30-27(26)28(35)34-17-25(18-34)32-24-11-9-23(29)10-12-24/h3-13,19-20,25,31-32H,14-18H2,1-2H3/t19-,20+. The number of aromatic nitrogens is 1. The Labute approximate surface area is 206 Å².